The maximum absolute atomic E-state index is 12.0. The van der Waals surface area contributed by atoms with Crippen LogP contribution in [0.25, 0.3) is 0 Å². The molecule has 1 unspecified atom stereocenters. The number of hydrogen-bond acceptors (Lipinski definition) is 3. The summed E-state index contributed by atoms with van der Waals surface area (Å²) in [6.45, 7) is 4.22. The molecule has 2 amide bonds. The van der Waals surface area contributed by atoms with Gasteiger partial charge >= 0.3 is 0 Å². The first kappa shape index (κ1) is 14.4. The van der Waals surface area contributed by atoms with E-state index in [0.717, 1.165) is 11.4 Å². The molecular weight excluding hydrogens is 254 g/mol. The van der Waals surface area contributed by atoms with Gasteiger partial charge in [-0.05, 0) is 38.5 Å². The third kappa shape index (κ3) is 3.29. The summed E-state index contributed by atoms with van der Waals surface area (Å²) in [4.78, 5) is 25.3. The fourth-order valence-corrected chi connectivity index (χ4v) is 2.14. The zero-order chi connectivity index (χ0) is 14.7. The molecule has 1 atom stereocenters. The monoisotopic (exact) mass is 275 g/mol. The van der Waals surface area contributed by atoms with E-state index in [4.69, 9.17) is 0 Å². The van der Waals surface area contributed by atoms with E-state index in [2.05, 4.69) is 29.4 Å². The second-order valence-corrected chi connectivity index (χ2v) is 5.40. The van der Waals surface area contributed by atoms with Crippen molar-refractivity contribution in [3.63, 3.8) is 0 Å². The van der Waals surface area contributed by atoms with E-state index in [-0.39, 0.29) is 11.8 Å². The molecule has 0 spiro atoms. The van der Waals surface area contributed by atoms with Crippen LogP contribution in [0.1, 0.15) is 26.7 Å². The highest BCUT2D eigenvalue weighted by Gasteiger charge is 2.27. The van der Waals surface area contributed by atoms with E-state index >= 15 is 0 Å². The van der Waals surface area contributed by atoms with Gasteiger partial charge in [0, 0.05) is 30.9 Å². The molecule has 20 heavy (non-hydrogen) atoms. The van der Waals surface area contributed by atoms with Crippen LogP contribution < -0.4 is 15.5 Å². The Morgan fingerprint density at radius 1 is 1.45 bits per heavy atom. The number of nitrogens with zero attached hydrogens (tertiary/aromatic N) is 1. The Kier molecular flexibility index (Phi) is 4.27. The van der Waals surface area contributed by atoms with Crippen LogP contribution in [0.3, 0.4) is 0 Å². The summed E-state index contributed by atoms with van der Waals surface area (Å²) < 4.78 is 0. The normalized spacial score (nSPS) is 18.0. The summed E-state index contributed by atoms with van der Waals surface area (Å²) >= 11 is 0. The summed E-state index contributed by atoms with van der Waals surface area (Å²) in [5.41, 5.74) is 1.80. The van der Waals surface area contributed by atoms with Gasteiger partial charge in [0.25, 0.3) is 0 Å². The van der Waals surface area contributed by atoms with Crippen molar-refractivity contribution in [1.29, 1.82) is 0 Å². The van der Waals surface area contributed by atoms with Crippen molar-refractivity contribution in [2.75, 3.05) is 17.3 Å². The van der Waals surface area contributed by atoms with Crippen molar-refractivity contribution >= 4 is 23.2 Å². The molecule has 0 aromatic heterocycles. The molecule has 108 valence electrons. The molecule has 5 nitrogen and oxygen atoms in total. The predicted octanol–water partition coefficient (Wildman–Crippen LogP) is 1.75. The number of benzene rings is 1. The van der Waals surface area contributed by atoms with Gasteiger partial charge in [0.2, 0.25) is 11.8 Å². The Balaban J connectivity index is 2.04. The first-order valence-corrected chi connectivity index (χ1v) is 6.90. The Morgan fingerprint density at radius 2 is 2.20 bits per heavy atom. The van der Waals surface area contributed by atoms with Gasteiger partial charge in [0.1, 0.15) is 6.04 Å². The molecule has 1 aliphatic heterocycles. The smallest absolute Gasteiger partial charge is 0.246 e. The van der Waals surface area contributed by atoms with Crippen molar-refractivity contribution < 1.29 is 9.59 Å². The van der Waals surface area contributed by atoms with Crippen molar-refractivity contribution in [3.8, 4) is 0 Å². The number of anilines is 2. The molecule has 0 radical (unpaired) electrons. The minimum atomic E-state index is -0.408. The number of hydrogen-bond donors (Lipinski definition) is 2. The van der Waals surface area contributed by atoms with Crippen molar-refractivity contribution in [2.24, 2.45) is 0 Å². The van der Waals surface area contributed by atoms with Crippen LogP contribution in [-0.4, -0.2) is 30.9 Å². The Labute approximate surface area is 119 Å². The van der Waals surface area contributed by atoms with Crippen LogP contribution >= 0.6 is 0 Å². The SMILES string of the molecule is CC(C)N(C)c1cccc(NC(=O)C2CCC(=O)N2)c1. The zero-order valence-corrected chi connectivity index (χ0v) is 12.1. The predicted molar refractivity (Wildman–Crippen MR) is 79.8 cm³/mol. The number of carbonyl (C=O) groups is 2. The van der Waals surface area contributed by atoms with Gasteiger partial charge in [-0.3, -0.25) is 9.59 Å². The van der Waals surface area contributed by atoms with E-state index in [0.29, 0.717) is 18.9 Å². The fourth-order valence-electron chi connectivity index (χ4n) is 2.14. The first-order valence-electron chi connectivity index (χ1n) is 6.90. The van der Waals surface area contributed by atoms with E-state index in [1.807, 2.05) is 31.3 Å². The quantitative estimate of drug-likeness (QED) is 0.880. The van der Waals surface area contributed by atoms with Gasteiger partial charge in [-0.15, -0.1) is 0 Å². The van der Waals surface area contributed by atoms with Crippen molar-refractivity contribution in [2.45, 2.75) is 38.8 Å². The largest absolute Gasteiger partial charge is 0.372 e. The van der Waals surface area contributed by atoms with Crippen LogP contribution in [0.5, 0.6) is 0 Å². The van der Waals surface area contributed by atoms with Gasteiger partial charge in [0.15, 0.2) is 0 Å². The minimum Gasteiger partial charge on any atom is -0.372 e. The van der Waals surface area contributed by atoms with Crippen LogP contribution in [0.4, 0.5) is 11.4 Å². The minimum absolute atomic E-state index is 0.0570. The lowest BCUT2D eigenvalue weighted by Gasteiger charge is -2.24. The average molecular weight is 275 g/mol. The maximum Gasteiger partial charge on any atom is 0.246 e. The van der Waals surface area contributed by atoms with Crippen LogP contribution in [0.2, 0.25) is 0 Å². The topological polar surface area (TPSA) is 61.4 Å². The summed E-state index contributed by atoms with van der Waals surface area (Å²) in [6, 6.07) is 7.69. The third-order valence-electron chi connectivity index (χ3n) is 3.61. The lowest BCUT2D eigenvalue weighted by molar-refractivity contribution is -0.122. The van der Waals surface area contributed by atoms with E-state index < -0.39 is 6.04 Å². The number of rotatable bonds is 4. The van der Waals surface area contributed by atoms with E-state index in [9.17, 15) is 9.59 Å². The highest BCUT2D eigenvalue weighted by Crippen LogP contribution is 2.20. The van der Waals surface area contributed by atoms with E-state index in [1.165, 1.54) is 0 Å². The molecule has 1 aromatic carbocycles. The summed E-state index contributed by atoms with van der Waals surface area (Å²) in [5, 5.41) is 5.53. The molecule has 0 aliphatic carbocycles. The average Bonchev–Trinajstić information content (AvgIpc) is 2.85. The van der Waals surface area contributed by atoms with Crippen LogP contribution in [0.15, 0.2) is 24.3 Å². The Hall–Kier alpha value is -2.04. The highest BCUT2D eigenvalue weighted by molar-refractivity contribution is 5.99. The molecule has 0 saturated carbocycles. The molecule has 1 aromatic rings. The molecule has 0 bridgehead atoms. The number of carbonyl (C=O) groups excluding carboxylic acids is 2. The zero-order valence-electron chi connectivity index (χ0n) is 12.1. The highest BCUT2D eigenvalue weighted by atomic mass is 16.2. The van der Waals surface area contributed by atoms with Crippen LogP contribution in [0, 0.1) is 0 Å². The first-order chi connectivity index (χ1) is 9.47. The fraction of sp³-hybridized carbons (Fsp3) is 0.467. The molecule has 1 fully saturated rings. The summed E-state index contributed by atoms with van der Waals surface area (Å²) in [5.74, 6) is -0.210. The second kappa shape index (κ2) is 5.94. The van der Waals surface area contributed by atoms with Gasteiger partial charge in [0.05, 0.1) is 0 Å². The molecule has 2 rings (SSSR count). The second-order valence-electron chi connectivity index (χ2n) is 5.40. The third-order valence-corrected chi connectivity index (χ3v) is 3.61. The summed E-state index contributed by atoms with van der Waals surface area (Å²) in [7, 11) is 2.02. The maximum atomic E-state index is 12.0. The van der Waals surface area contributed by atoms with Gasteiger partial charge in [-0.25, -0.2) is 0 Å². The molecular formula is C15H21N3O2. The van der Waals surface area contributed by atoms with Crippen molar-refractivity contribution in [1.82, 2.24) is 5.32 Å². The standard InChI is InChI=1S/C15H21N3O2/c1-10(2)18(3)12-6-4-5-11(9-12)16-15(20)13-7-8-14(19)17-13/h4-6,9-10,13H,7-8H2,1-3H3,(H,16,20)(H,17,19). The van der Waals surface area contributed by atoms with Crippen LogP contribution in [-0.2, 0) is 9.59 Å². The Bertz CT molecular complexity index is 514. The van der Waals surface area contributed by atoms with E-state index in [1.54, 1.807) is 0 Å². The molecule has 1 aliphatic rings. The molecule has 2 N–H and O–H groups in total. The summed E-state index contributed by atoms with van der Waals surface area (Å²) in [6.07, 6.45) is 0.991. The molecule has 1 saturated heterocycles. The van der Waals surface area contributed by atoms with Gasteiger partial charge < -0.3 is 15.5 Å². The number of nitrogens with one attached hydrogen (secondary N) is 2. The van der Waals surface area contributed by atoms with Gasteiger partial charge in [-0.2, -0.15) is 0 Å². The Morgan fingerprint density at radius 3 is 2.80 bits per heavy atom. The lowest BCUT2D eigenvalue weighted by Crippen LogP contribution is -2.37. The number of amides is 2. The van der Waals surface area contributed by atoms with Gasteiger partial charge in [-0.1, -0.05) is 6.07 Å². The van der Waals surface area contributed by atoms with Crippen molar-refractivity contribution in [3.05, 3.63) is 24.3 Å². The lowest BCUT2D eigenvalue weighted by atomic mass is 10.2. The molecule has 5 heteroatoms. The molecule has 1 heterocycles.